The standard InChI is InChI=1S/C30H28F3N3O7S/c1-17-13-22(28-23(14-17)27(38)18(2)29(42-28)36-9-11-41-12-10-36)19(3)35-24-5-4-8-34-26(24)20-6-7-25(21(15-20)16-37)43-44(39,40)30(31,32)33/h4-8,13-16,19,35H,9-12H2,1-3H3. The molecule has 0 spiro atoms. The number of fused-ring (bicyclic) bond motifs is 1. The molecule has 1 aliphatic rings. The number of hydrogen-bond acceptors (Lipinski definition) is 10. The Kier molecular flexibility index (Phi) is 8.40. The van der Waals surface area contributed by atoms with Gasteiger partial charge >= 0.3 is 15.6 Å². The number of nitrogens with zero attached hydrogens (tertiary/aromatic N) is 2. The van der Waals surface area contributed by atoms with Crippen LogP contribution in [-0.4, -0.2) is 51.5 Å². The SMILES string of the molecule is Cc1cc(C(C)Nc2cccnc2-c2ccc(OS(=O)(=O)C(F)(F)F)c(C=O)c2)c2oc(N3CCOCC3)c(C)c(=O)c2c1. The van der Waals surface area contributed by atoms with Crippen molar-refractivity contribution in [1.82, 2.24) is 4.98 Å². The van der Waals surface area contributed by atoms with Crippen molar-refractivity contribution in [2.75, 3.05) is 36.5 Å². The number of alkyl halides is 3. The van der Waals surface area contributed by atoms with Crippen LogP contribution in [0.1, 0.15) is 40.0 Å². The molecule has 0 saturated carbocycles. The second kappa shape index (κ2) is 11.9. The van der Waals surface area contributed by atoms with Crippen LogP contribution in [0.2, 0.25) is 0 Å². The van der Waals surface area contributed by atoms with Crippen molar-refractivity contribution in [1.29, 1.82) is 0 Å². The summed E-state index contributed by atoms with van der Waals surface area (Å²) in [6.07, 6.45) is 1.68. The van der Waals surface area contributed by atoms with Gasteiger partial charge in [0, 0.05) is 30.4 Å². The number of rotatable bonds is 8. The number of hydrogen-bond donors (Lipinski definition) is 1. The van der Waals surface area contributed by atoms with Gasteiger partial charge in [-0.05, 0) is 62.7 Å². The van der Waals surface area contributed by atoms with Crippen LogP contribution in [0.5, 0.6) is 5.75 Å². The van der Waals surface area contributed by atoms with E-state index in [0.29, 0.717) is 71.2 Å². The van der Waals surface area contributed by atoms with E-state index < -0.39 is 33.0 Å². The maximum absolute atomic E-state index is 13.5. The van der Waals surface area contributed by atoms with Gasteiger partial charge in [-0.3, -0.25) is 14.6 Å². The van der Waals surface area contributed by atoms with E-state index in [1.807, 2.05) is 24.8 Å². The Morgan fingerprint density at radius 3 is 2.52 bits per heavy atom. The summed E-state index contributed by atoms with van der Waals surface area (Å²) in [6, 6.07) is 10.1. The molecule has 0 radical (unpaired) electrons. The highest BCUT2D eigenvalue weighted by atomic mass is 32.2. The van der Waals surface area contributed by atoms with E-state index in [1.165, 1.54) is 18.3 Å². The number of benzene rings is 2. The van der Waals surface area contributed by atoms with Crippen molar-refractivity contribution in [3.63, 3.8) is 0 Å². The van der Waals surface area contributed by atoms with Gasteiger partial charge in [0.1, 0.15) is 5.58 Å². The molecule has 44 heavy (non-hydrogen) atoms. The van der Waals surface area contributed by atoms with E-state index in [9.17, 15) is 31.2 Å². The highest BCUT2D eigenvalue weighted by molar-refractivity contribution is 7.88. The zero-order valence-corrected chi connectivity index (χ0v) is 24.7. The molecular weight excluding hydrogens is 603 g/mol. The van der Waals surface area contributed by atoms with Crippen molar-refractivity contribution in [3.05, 3.63) is 81.1 Å². The molecule has 0 amide bonds. The monoisotopic (exact) mass is 631 g/mol. The maximum atomic E-state index is 13.5. The molecule has 1 unspecified atom stereocenters. The van der Waals surface area contributed by atoms with Crippen molar-refractivity contribution in [2.24, 2.45) is 0 Å². The van der Waals surface area contributed by atoms with E-state index in [-0.39, 0.29) is 11.7 Å². The fourth-order valence-corrected chi connectivity index (χ4v) is 5.52. The van der Waals surface area contributed by atoms with Gasteiger partial charge in [0.25, 0.3) is 0 Å². The number of nitrogens with one attached hydrogen (secondary N) is 1. The zero-order chi connectivity index (χ0) is 31.8. The molecule has 3 heterocycles. The third kappa shape index (κ3) is 5.99. The number of carbonyl (C=O) groups excluding carboxylic acids is 1. The van der Waals surface area contributed by atoms with Crippen LogP contribution in [-0.2, 0) is 14.9 Å². The largest absolute Gasteiger partial charge is 0.534 e. The van der Waals surface area contributed by atoms with Crippen molar-refractivity contribution in [3.8, 4) is 17.0 Å². The molecule has 2 aromatic carbocycles. The van der Waals surface area contributed by atoms with E-state index >= 15 is 0 Å². The molecule has 1 fully saturated rings. The molecule has 1 aliphatic heterocycles. The Labute approximate surface area is 250 Å². The minimum atomic E-state index is -5.98. The molecule has 4 aromatic rings. The van der Waals surface area contributed by atoms with E-state index in [1.54, 1.807) is 25.1 Å². The summed E-state index contributed by atoms with van der Waals surface area (Å²) in [7, 11) is -5.98. The molecule has 5 rings (SSSR count). The summed E-state index contributed by atoms with van der Waals surface area (Å²) in [6.45, 7) is 7.68. The van der Waals surface area contributed by atoms with Crippen LogP contribution in [0.15, 0.2) is 57.9 Å². The predicted octanol–water partition coefficient (Wildman–Crippen LogP) is 5.52. The Hall–Kier alpha value is -4.43. The Balaban J connectivity index is 1.52. The second-order valence-corrected chi connectivity index (χ2v) is 11.8. The number of ether oxygens (including phenoxy) is 1. The molecule has 0 bridgehead atoms. The smallest absolute Gasteiger partial charge is 0.440 e. The Bertz CT molecular complexity index is 1900. The predicted molar refractivity (Wildman–Crippen MR) is 158 cm³/mol. The minimum absolute atomic E-state index is 0.136. The number of carbonyl (C=O) groups is 1. The highest BCUT2D eigenvalue weighted by Crippen LogP contribution is 2.36. The van der Waals surface area contributed by atoms with Crippen molar-refractivity contribution in [2.45, 2.75) is 32.3 Å². The van der Waals surface area contributed by atoms with Gasteiger partial charge in [-0.1, -0.05) is 6.07 Å². The number of halogens is 3. The summed E-state index contributed by atoms with van der Waals surface area (Å²) in [5, 5.41) is 3.81. The maximum Gasteiger partial charge on any atom is 0.534 e. The number of aryl methyl sites for hydroxylation is 1. The van der Waals surface area contributed by atoms with Crippen molar-refractivity contribution < 1.29 is 39.7 Å². The molecule has 232 valence electrons. The second-order valence-electron chi connectivity index (χ2n) is 10.3. The van der Waals surface area contributed by atoms with Crippen LogP contribution in [0.3, 0.4) is 0 Å². The fraction of sp³-hybridized carbons (Fsp3) is 0.300. The van der Waals surface area contributed by atoms with E-state index in [2.05, 4.69) is 14.5 Å². The van der Waals surface area contributed by atoms with Gasteiger partial charge < -0.3 is 23.6 Å². The van der Waals surface area contributed by atoms with Gasteiger partial charge in [-0.25, -0.2) is 0 Å². The quantitative estimate of drug-likeness (QED) is 0.151. The Morgan fingerprint density at radius 1 is 1.11 bits per heavy atom. The molecule has 0 aliphatic carbocycles. The lowest BCUT2D eigenvalue weighted by atomic mass is 9.99. The van der Waals surface area contributed by atoms with Gasteiger partial charge in [0.15, 0.2) is 17.5 Å². The molecule has 1 atom stereocenters. The van der Waals surface area contributed by atoms with Crippen LogP contribution in [0.4, 0.5) is 24.7 Å². The first-order chi connectivity index (χ1) is 20.8. The normalized spacial score (nSPS) is 14.8. The number of morpholine rings is 1. The average Bonchev–Trinajstić information content (AvgIpc) is 2.99. The number of aldehydes is 1. The lowest BCUT2D eigenvalue weighted by Gasteiger charge is -2.29. The molecule has 1 N–H and O–H groups in total. The lowest BCUT2D eigenvalue weighted by Crippen LogP contribution is -2.37. The number of pyridine rings is 1. The van der Waals surface area contributed by atoms with Gasteiger partial charge in [0.05, 0.1) is 47.2 Å². The Morgan fingerprint density at radius 2 is 1.84 bits per heavy atom. The summed E-state index contributed by atoms with van der Waals surface area (Å²) in [5.41, 5.74) is -2.61. The first-order valence-electron chi connectivity index (χ1n) is 13.5. The molecule has 2 aromatic heterocycles. The zero-order valence-electron chi connectivity index (χ0n) is 23.9. The van der Waals surface area contributed by atoms with Crippen LogP contribution in [0.25, 0.3) is 22.2 Å². The van der Waals surface area contributed by atoms with Gasteiger partial charge in [-0.2, -0.15) is 21.6 Å². The molecule has 14 heteroatoms. The average molecular weight is 632 g/mol. The topological polar surface area (TPSA) is 128 Å². The van der Waals surface area contributed by atoms with Gasteiger partial charge in [0.2, 0.25) is 5.88 Å². The highest BCUT2D eigenvalue weighted by Gasteiger charge is 2.48. The van der Waals surface area contributed by atoms with Gasteiger partial charge in [-0.15, -0.1) is 0 Å². The molecule has 1 saturated heterocycles. The summed E-state index contributed by atoms with van der Waals surface area (Å²) in [4.78, 5) is 31.5. The molecule has 10 nitrogen and oxygen atoms in total. The van der Waals surface area contributed by atoms with Crippen molar-refractivity contribution >= 4 is 38.9 Å². The fourth-order valence-electron chi connectivity index (χ4n) is 5.04. The first-order valence-corrected chi connectivity index (χ1v) is 14.9. The summed E-state index contributed by atoms with van der Waals surface area (Å²) in [5.74, 6) is -0.283. The van der Waals surface area contributed by atoms with Crippen LogP contribution in [0, 0.1) is 13.8 Å². The molecular formula is C30H28F3N3O7S. The number of aromatic nitrogens is 1. The third-order valence-corrected chi connectivity index (χ3v) is 8.17. The summed E-state index contributed by atoms with van der Waals surface area (Å²) < 4.78 is 77.6. The number of anilines is 2. The third-order valence-electron chi connectivity index (χ3n) is 7.20. The lowest BCUT2D eigenvalue weighted by molar-refractivity contribution is -0.0500. The van der Waals surface area contributed by atoms with Crippen LogP contribution >= 0.6 is 0 Å². The first kappa shape index (κ1) is 31.0. The van der Waals surface area contributed by atoms with E-state index in [0.717, 1.165) is 11.6 Å². The summed E-state index contributed by atoms with van der Waals surface area (Å²) >= 11 is 0. The van der Waals surface area contributed by atoms with Crippen LogP contribution < -0.4 is 19.8 Å². The van der Waals surface area contributed by atoms with E-state index in [4.69, 9.17) is 9.15 Å². The minimum Gasteiger partial charge on any atom is -0.440 e.